The Morgan fingerprint density at radius 1 is 0.960 bits per heavy atom. The molecule has 4 rings (SSSR count). The van der Waals surface area contributed by atoms with E-state index in [1.165, 1.54) is 0 Å². The predicted molar refractivity (Wildman–Crippen MR) is 96.8 cm³/mol. The van der Waals surface area contributed by atoms with Crippen LogP contribution >= 0.6 is 0 Å². The highest BCUT2D eigenvalue weighted by Gasteiger charge is 2.45. The van der Waals surface area contributed by atoms with Gasteiger partial charge in [-0.25, -0.2) is 0 Å². The zero-order valence-electron chi connectivity index (χ0n) is 14.2. The molecule has 2 aromatic carbocycles. The third kappa shape index (κ3) is 2.48. The maximum absolute atomic E-state index is 10.5. The number of nitrogens with zero attached hydrogens (tertiary/aromatic N) is 1. The summed E-state index contributed by atoms with van der Waals surface area (Å²) in [7, 11) is 3.50. The Morgan fingerprint density at radius 2 is 1.56 bits per heavy atom. The molecule has 1 aliphatic rings. The molecule has 0 saturated heterocycles. The second kappa shape index (κ2) is 5.77. The summed E-state index contributed by atoms with van der Waals surface area (Å²) in [6, 6.07) is 15.6. The Morgan fingerprint density at radius 3 is 2.08 bits per heavy atom. The molecule has 1 aromatic heterocycles. The van der Waals surface area contributed by atoms with Crippen LogP contribution < -0.4 is 10.1 Å². The molecule has 3 N–H and O–H groups in total. The van der Waals surface area contributed by atoms with E-state index in [4.69, 9.17) is 4.74 Å². The molecule has 0 saturated carbocycles. The standard InChI is InChI=1S/C20H20N2O3/c1-21-14-7-3-12(4-8-14)11-22-19(23)17-16(18(17)20(22)24)13-5-9-15(25-2)10-6-13/h3-10,16,21,23-24H,11H2,1-2H3. The molecule has 0 amide bonds. The third-order valence-corrected chi connectivity index (χ3v) is 4.81. The van der Waals surface area contributed by atoms with Gasteiger partial charge in [-0.2, -0.15) is 0 Å². The first-order chi connectivity index (χ1) is 12.1. The van der Waals surface area contributed by atoms with E-state index in [0.717, 1.165) is 33.7 Å². The van der Waals surface area contributed by atoms with Crippen LogP contribution in [0.4, 0.5) is 5.69 Å². The first-order valence-electron chi connectivity index (χ1n) is 8.19. The van der Waals surface area contributed by atoms with Gasteiger partial charge in [0, 0.05) is 29.8 Å². The van der Waals surface area contributed by atoms with Gasteiger partial charge in [-0.05, 0) is 35.4 Å². The van der Waals surface area contributed by atoms with E-state index < -0.39 is 0 Å². The van der Waals surface area contributed by atoms with Crippen LogP contribution in [-0.2, 0) is 6.54 Å². The van der Waals surface area contributed by atoms with E-state index in [0.29, 0.717) is 6.54 Å². The van der Waals surface area contributed by atoms with Crippen LogP contribution in [0.15, 0.2) is 48.5 Å². The normalized spacial score (nSPS) is 12.7. The molecule has 3 aromatic rings. The predicted octanol–water partition coefficient (Wildman–Crippen LogP) is 3.49. The molecule has 128 valence electrons. The van der Waals surface area contributed by atoms with Crippen LogP contribution in [-0.4, -0.2) is 28.9 Å². The number of methoxy groups -OCH3 is 1. The van der Waals surface area contributed by atoms with Crippen molar-refractivity contribution in [1.29, 1.82) is 0 Å². The van der Waals surface area contributed by atoms with Crippen molar-refractivity contribution in [3.05, 3.63) is 70.8 Å². The zero-order valence-corrected chi connectivity index (χ0v) is 14.2. The Labute approximate surface area is 146 Å². The molecule has 0 unspecified atom stereocenters. The molecular formula is C20H20N2O3. The van der Waals surface area contributed by atoms with Crippen LogP contribution in [0.1, 0.15) is 28.2 Å². The SMILES string of the molecule is CNc1ccc(Cn2c(O)c3c(c2O)C3c2ccc(OC)cc2)cc1. The van der Waals surface area contributed by atoms with Crippen LogP contribution in [0.3, 0.4) is 0 Å². The number of aromatic nitrogens is 1. The molecule has 0 aliphatic heterocycles. The quantitative estimate of drug-likeness (QED) is 0.522. The molecule has 0 radical (unpaired) electrons. The summed E-state index contributed by atoms with van der Waals surface area (Å²) in [6.07, 6.45) is 0. The number of hydrogen-bond acceptors (Lipinski definition) is 4. The lowest BCUT2D eigenvalue weighted by molar-refractivity contribution is 0.369. The number of rotatable bonds is 5. The minimum atomic E-state index is -0.0196. The van der Waals surface area contributed by atoms with Crippen molar-refractivity contribution in [2.24, 2.45) is 0 Å². The molecule has 0 spiro atoms. The maximum Gasteiger partial charge on any atom is 0.198 e. The average molecular weight is 336 g/mol. The summed E-state index contributed by atoms with van der Waals surface area (Å²) in [5, 5.41) is 24.1. The number of hydrogen-bond donors (Lipinski definition) is 3. The van der Waals surface area contributed by atoms with Gasteiger partial charge >= 0.3 is 0 Å². The molecule has 1 aliphatic carbocycles. The Hall–Kier alpha value is -3.08. The van der Waals surface area contributed by atoms with E-state index in [1.807, 2.05) is 55.6 Å². The minimum absolute atomic E-state index is 0.0196. The van der Waals surface area contributed by atoms with Crippen molar-refractivity contribution in [2.45, 2.75) is 12.5 Å². The second-order valence-electron chi connectivity index (χ2n) is 6.21. The van der Waals surface area contributed by atoms with E-state index in [9.17, 15) is 10.2 Å². The van der Waals surface area contributed by atoms with Gasteiger partial charge in [-0.3, -0.25) is 4.57 Å². The van der Waals surface area contributed by atoms with E-state index in [-0.39, 0.29) is 17.7 Å². The fourth-order valence-corrected chi connectivity index (χ4v) is 3.35. The smallest absolute Gasteiger partial charge is 0.198 e. The van der Waals surface area contributed by atoms with Gasteiger partial charge in [0.15, 0.2) is 11.8 Å². The highest BCUT2D eigenvalue weighted by atomic mass is 16.5. The number of anilines is 1. The average Bonchev–Trinajstić information content (AvgIpc) is 3.35. The third-order valence-electron chi connectivity index (χ3n) is 4.81. The van der Waals surface area contributed by atoms with Gasteiger partial charge in [-0.15, -0.1) is 0 Å². The fraction of sp³-hybridized carbons (Fsp3) is 0.200. The summed E-state index contributed by atoms with van der Waals surface area (Å²) < 4.78 is 6.72. The number of ether oxygens (including phenoxy) is 1. The number of nitrogens with one attached hydrogen (secondary N) is 1. The van der Waals surface area contributed by atoms with Gasteiger partial charge in [0.05, 0.1) is 13.7 Å². The van der Waals surface area contributed by atoms with Crippen molar-refractivity contribution < 1.29 is 14.9 Å². The molecular weight excluding hydrogens is 316 g/mol. The van der Waals surface area contributed by atoms with Gasteiger partial charge < -0.3 is 20.3 Å². The zero-order chi connectivity index (χ0) is 17.6. The summed E-state index contributed by atoms with van der Waals surface area (Å²) in [5.41, 5.74) is 4.71. The van der Waals surface area contributed by atoms with Crippen molar-refractivity contribution in [2.75, 3.05) is 19.5 Å². The molecule has 5 nitrogen and oxygen atoms in total. The van der Waals surface area contributed by atoms with Gasteiger partial charge in [0.2, 0.25) is 0 Å². The van der Waals surface area contributed by atoms with Crippen molar-refractivity contribution in [3.8, 4) is 17.5 Å². The first kappa shape index (κ1) is 15.4. The molecule has 25 heavy (non-hydrogen) atoms. The fourth-order valence-electron chi connectivity index (χ4n) is 3.35. The molecule has 0 atom stereocenters. The minimum Gasteiger partial charge on any atom is -0.497 e. The summed E-state index contributed by atoms with van der Waals surface area (Å²) >= 11 is 0. The van der Waals surface area contributed by atoms with Gasteiger partial charge in [0.25, 0.3) is 0 Å². The molecule has 0 bridgehead atoms. The first-order valence-corrected chi connectivity index (χ1v) is 8.19. The largest absolute Gasteiger partial charge is 0.497 e. The summed E-state index contributed by atoms with van der Waals surface area (Å²) in [5.74, 6) is 1.06. The van der Waals surface area contributed by atoms with Crippen LogP contribution in [0.2, 0.25) is 0 Å². The van der Waals surface area contributed by atoms with Crippen molar-refractivity contribution in [1.82, 2.24) is 4.57 Å². The van der Waals surface area contributed by atoms with Crippen molar-refractivity contribution >= 4 is 5.69 Å². The molecule has 1 heterocycles. The Balaban J connectivity index is 1.58. The molecule has 0 fully saturated rings. The maximum atomic E-state index is 10.5. The highest BCUT2D eigenvalue weighted by Crippen LogP contribution is 2.59. The topological polar surface area (TPSA) is 66.7 Å². The second-order valence-corrected chi connectivity index (χ2v) is 6.21. The van der Waals surface area contributed by atoms with Gasteiger partial charge in [0.1, 0.15) is 5.75 Å². The van der Waals surface area contributed by atoms with E-state index in [1.54, 1.807) is 11.7 Å². The molecule has 5 heteroatoms. The highest BCUT2D eigenvalue weighted by molar-refractivity contribution is 5.70. The summed E-state index contributed by atoms with van der Waals surface area (Å²) in [4.78, 5) is 0. The number of fused-ring (bicyclic) bond motifs is 1. The van der Waals surface area contributed by atoms with Crippen molar-refractivity contribution in [3.63, 3.8) is 0 Å². The van der Waals surface area contributed by atoms with Gasteiger partial charge in [-0.1, -0.05) is 24.3 Å². The lowest BCUT2D eigenvalue weighted by atomic mass is 10.1. The lowest BCUT2D eigenvalue weighted by Crippen LogP contribution is -2.01. The monoisotopic (exact) mass is 336 g/mol. The van der Waals surface area contributed by atoms with Crippen LogP contribution in [0.25, 0.3) is 0 Å². The Bertz CT molecular complexity index is 884. The van der Waals surface area contributed by atoms with Crippen LogP contribution in [0.5, 0.6) is 17.5 Å². The van der Waals surface area contributed by atoms with E-state index >= 15 is 0 Å². The number of aromatic hydroxyl groups is 2. The summed E-state index contributed by atoms with van der Waals surface area (Å²) in [6.45, 7) is 0.435. The number of benzene rings is 2. The lowest BCUT2D eigenvalue weighted by Gasteiger charge is -2.12. The van der Waals surface area contributed by atoms with E-state index in [2.05, 4.69) is 5.32 Å². The van der Waals surface area contributed by atoms with Crippen LogP contribution in [0, 0.1) is 0 Å². The Kier molecular flexibility index (Phi) is 3.57.